The third-order valence-corrected chi connectivity index (χ3v) is 32.6. The molecule has 4 nitrogen and oxygen atoms in total. The Balaban J connectivity index is 0.000000142. The van der Waals surface area contributed by atoms with Gasteiger partial charge >= 0.3 is 0 Å². The van der Waals surface area contributed by atoms with Gasteiger partial charge in [-0.1, -0.05) is 309 Å². The van der Waals surface area contributed by atoms with Gasteiger partial charge in [-0.05, 0) is 126 Å². The molecule has 484 valence electrons. The van der Waals surface area contributed by atoms with Crippen LogP contribution in [0.3, 0.4) is 0 Å². The minimum atomic E-state index is -3.01. The normalized spacial score (nSPS) is 12.1. The van der Waals surface area contributed by atoms with Crippen LogP contribution in [0, 0.1) is 0 Å². The van der Waals surface area contributed by atoms with Crippen molar-refractivity contribution in [1.82, 2.24) is 13.7 Å². The first-order valence-corrected chi connectivity index (χ1v) is 40.2. The SMILES string of the molecule is c1ccc([Si](c2ccccc2)(c2cccc(-n3c4ccccc4c4cc(-n5c6ccccc6c6ccccc65)ccc43)c2)c2cccc3c2oc2ccccc23)cc1.c1ccc([Si](c2ccccc2)(c2cccc(-n3c4ccccc4c4ccccc43)c2)c2cccc3c2sc2ccccc23)cc1. The summed E-state index contributed by atoms with van der Waals surface area (Å²) >= 11 is 1.93. The number of hydrogen-bond acceptors (Lipinski definition) is 2. The van der Waals surface area contributed by atoms with E-state index in [1.165, 1.54) is 133 Å². The van der Waals surface area contributed by atoms with Gasteiger partial charge in [-0.3, -0.25) is 0 Å². The van der Waals surface area contributed by atoms with Crippen molar-refractivity contribution in [2.45, 2.75) is 0 Å². The van der Waals surface area contributed by atoms with E-state index in [0.717, 1.165) is 33.3 Å². The Morgan fingerprint density at radius 3 is 1.02 bits per heavy atom. The highest BCUT2D eigenvalue weighted by Gasteiger charge is 2.45. The molecule has 21 rings (SSSR count). The van der Waals surface area contributed by atoms with Crippen LogP contribution < -0.4 is 41.5 Å². The summed E-state index contributed by atoms with van der Waals surface area (Å²) in [7, 11) is -5.82. The van der Waals surface area contributed by atoms with Gasteiger partial charge in [0.15, 0.2) is 16.1 Å². The standard InChI is InChI=1S/C54H36N2OSi.C42H29NSSi/c1-3-18-39(19-4-1)58(40-20-5-2-6-21-40,53-32-16-27-46-45-26-10-14-31-52(45)57-54(46)53)41-22-15-17-37(35-41)55-50-30-13-9-25-44(50)47-36-38(33-34-51(47)55)56-48-28-11-7-23-42(48)43-24-8-12-29-49(43)56;1-3-16-31(17-4-1)45(32-18-5-2-6-19-32,41-28-14-24-37-36-23-9-12-27-40(36)44-42(37)41)33-20-13-15-30(29-33)43-38-25-10-7-21-34(38)35-22-8-11-26-39(35)43/h1-36H;1-29H. The summed E-state index contributed by atoms with van der Waals surface area (Å²) in [6, 6.07) is 145. The second-order valence-corrected chi connectivity index (χ2v) is 35.5. The number of benzene rings is 16. The van der Waals surface area contributed by atoms with Crippen molar-refractivity contribution in [1.29, 1.82) is 0 Å². The summed E-state index contributed by atoms with van der Waals surface area (Å²) < 4.78 is 16.9. The number of aromatic nitrogens is 3. The maximum absolute atomic E-state index is 6.89. The summed E-state index contributed by atoms with van der Waals surface area (Å²) in [6.07, 6.45) is 0. The maximum atomic E-state index is 6.89. The zero-order valence-electron chi connectivity index (χ0n) is 56.2. The van der Waals surface area contributed by atoms with Gasteiger partial charge in [0.1, 0.15) is 11.2 Å². The summed E-state index contributed by atoms with van der Waals surface area (Å²) in [5.41, 5.74) is 12.6. The average molecular weight is 1360 g/mol. The summed E-state index contributed by atoms with van der Waals surface area (Å²) in [5.74, 6) is 0. The highest BCUT2D eigenvalue weighted by molar-refractivity contribution is 7.30. The van der Waals surface area contributed by atoms with Crippen LogP contribution in [0.1, 0.15) is 0 Å². The number of furan rings is 1. The molecule has 5 heterocycles. The van der Waals surface area contributed by atoms with Gasteiger partial charge in [-0.2, -0.15) is 0 Å². The Morgan fingerprint density at radius 2 is 0.544 bits per heavy atom. The molecule has 0 unspecified atom stereocenters. The van der Waals surface area contributed by atoms with Crippen LogP contribution in [0.25, 0.3) is 125 Å². The summed E-state index contributed by atoms with van der Waals surface area (Å²) in [5, 5.41) is 23.3. The minimum absolute atomic E-state index is 0.910. The fourth-order valence-corrected chi connectivity index (χ4v) is 28.8. The molecule has 0 aliphatic heterocycles. The third kappa shape index (κ3) is 9.40. The van der Waals surface area contributed by atoms with E-state index < -0.39 is 16.1 Å². The summed E-state index contributed by atoms with van der Waals surface area (Å²) in [6.45, 7) is 0. The van der Waals surface area contributed by atoms with Gasteiger partial charge in [0, 0.05) is 80.3 Å². The Kier molecular flexibility index (Phi) is 14.4. The van der Waals surface area contributed by atoms with Crippen molar-refractivity contribution >= 4 is 177 Å². The molecule has 7 heteroatoms. The monoisotopic (exact) mass is 1360 g/mol. The molecule has 0 radical (unpaired) electrons. The van der Waals surface area contributed by atoms with Gasteiger partial charge in [0.25, 0.3) is 0 Å². The molecule has 103 heavy (non-hydrogen) atoms. The van der Waals surface area contributed by atoms with E-state index >= 15 is 0 Å². The predicted molar refractivity (Wildman–Crippen MR) is 443 cm³/mol. The Bertz CT molecular complexity index is 6640. The second kappa shape index (κ2) is 24.6. The van der Waals surface area contributed by atoms with Gasteiger partial charge in [-0.25, -0.2) is 0 Å². The van der Waals surface area contributed by atoms with Crippen molar-refractivity contribution in [3.8, 4) is 17.1 Å². The molecule has 0 fully saturated rings. The van der Waals surface area contributed by atoms with Crippen molar-refractivity contribution in [2.75, 3.05) is 0 Å². The molecule has 0 saturated heterocycles. The van der Waals surface area contributed by atoms with Gasteiger partial charge < -0.3 is 18.1 Å². The maximum Gasteiger partial charge on any atom is 0.184 e. The second-order valence-electron chi connectivity index (χ2n) is 26.9. The molecule has 0 saturated carbocycles. The highest BCUT2D eigenvalue weighted by Crippen LogP contribution is 2.39. The third-order valence-electron chi connectivity index (χ3n) is 21.6. The quantitative estimate of drug-likeness (QED) is 0.0937. The fraction of sp³-hybridized carbons (Fsp3) is 0. The number of nitrogens with zero attached hydrogens (tertiary/aromatic N) is 3. The fourth-order valence-electron chi connectivity index (χ4n) is 17.3. The van der Waals surface area contributed by atoms with Gasteiger partial charge in [-0.15, -0.1) is 11.3 Å². The molecular weight excluding hydrogens is 1300 g/mol. The molecule has 5 aromatic heterocycles. The highest BCUT2D eigenvalue weighted by atomic mass is 32.1. The smallest absolute Gasteiger partial charge is 0.184 e. The van der Waals surface area contributed by atoms with Crippen LogP contribution in [-0.4, -0.2) is 29.8 Å². The number of fused-ring (bicyclic) bond motifs is 15. The lowest BCUT2D eigenvalue weighted by atomic mass is 10.1. The molecule has 0 amide bonds. The van der Waals surface area contributed by atoms with Crippen LogP contribution in [0.2, 0.25) is 0 Å². The number of thiophene rings is 1. The summed E-state index contributed by atoms with van der Waals surface area (Å²) in [4.78, 5) is 0. The number of rotatable bonds is 11. The first kappa shape index (κ1) is 60.3. The lowest BCUT2D eigenvalue weighted by Crippen LogP contribution is -2.74. The molecule has 0 bridgehead atoms. The number of hydrogen-bond donors (Lipinski definition) is 0. The topological polar surface area (TPSA) is 27.9 Å². The van der Waals surface area contributed by atoms with Crippen LogP contribution in [-0.2, 0) is 0 Å². The van der Waals surface area contributed by atoms with Crippen molar-refractivity contribution in [3.05, 3.63) is 394 Å². The van der Waals surface area contributed by atoms with Crippen LogP contribution in [0.15, 0.2) is 399 Å². The van der Waals surface area contributed by atoms with Crippen LogP contribution >= 0.6 is 11.3 Å². The van der Waals surface area contributed by atoms with Crippen molar-refractivity contribution in [3.63, 3.8) is 0 Å². The van der Waals surface area contributed by atoms with E-state index in [0.29, 0.717) is 0 Å². The van der Waals surface area contributed by atoms with E-state index in [1.54, 1.807) is 0 Å². The Labute approximate surface area is 601 Å². The Morgan fingerprint density at radius 1 is 0.214 bits per heavy atom. The zero-order valence-corrected chi connectivity index (χ0v) is 59.0. The van der Waals surface area contributed by atoms with Crippen molar-refractivity contribution in [2.24, 2.45) is 0 Å². The molecule has 16 aromatic carbocycles. The van der Waals surface area contributed by atoms with E-state index in [1.807, 2.05) is 11.3 Å². The molecule has 0 aliphatic rings. The van der Waals surface area contributed by atoms with Crippen molar-refractivity contribution < 1.29 is 4.42 Å². The first-order chi connectivity index (χ1) is 51.1. The molecule has 0 spiro atoms. The molecular formula is C96H65N3OSSi2. The van der Waals surface area contributed by atoms with E-state index in [-0.39, 0.29) is 0 Å². The largest absolute Gasteiger partial charge is 0.456 e. The van der Waals surface area contributed by atoms with E-state index in [2.05, 4.69) is 408 Å². The zero-order chi connectivity index (χ0) is 68.0. The lowest BCUT2D eigenvalue weighted by molar-refractivity contribution is 0.671. The first-order valence-electron chi connectivity index (χ1n) is 35.4. The van der Waals surface area contributed by atoms with E-state index in [9.17, 15) is 0 Å². The molecule has 21 aromatic rings. The molecule has 0 N–H and O–H groups in total. The molecule has 0 aliphatic carbocycles. The average Bonchev–Trinajstić information content (AvgIpc) is 1.70. The molecule has 0 atom stereocenters. The lowest BCUT2D eigenvalue weighted by Gasteiger charge is -2.35. The Hall–Kier alpha value is -12.6. The van der Waals surface area contributed by atoms with E-state index in [4.69, 9.17) is 4.42 Å². The van der Waals surface area contributed by atoms with Gasteiger partial charge in [0.2, 0.25) is 0 Å². The van der Waals surface area contributed by atoms with Crippen LogP contribution in [0.4, 0.5) is 0 Å². The predicted octanol–water partition coefficient (Wildman–Crippen LogP) is 19.7. The number of para-hydroxylation sites is 7. The minimum Gasteiger partial charge on any atom is -0.456 e. The van der Waals surface area contributed by atoms with Gasteiger partial charge in [0.05, 0.1) is 33.1 Å². The van der Waals surface area contributed by atoms with Crippen LogP contribution in [0.5, 0.6) is 0 Å².